The third kappa shape index (κ3) is 2.38. The van der Waals surface area contributed by atoms with Crippen LogP contribution in [0.25, 0.3) is 0 Å². The van der Waals surface area contributed by atoms with E-state index in [1.54, 1.807) is 19.1 Å². The van der Waals surface area contributed by atoms with E-state index < -0.39 is 5.82 Å². The number of hydrogen-bond donors (Lipinski definition) is 2. The smallest absolute Gasteiger partial charge is 0.227 e. The molecule has 0 fully saturated rings. The SMILES string of the molecule is Cc1ccc(F)c(Oc2ncnc(NN)c2C)c1. The number of anilines is 1. The van der Waals surface area contributed by atoms with Crippen molar-refractivity contribution in [2.75, 3.05) is 5.43 Å². The fourth-order valence-electron chi connectivity index (χ4n) is 1.48. The highest BCUT2D eigenvalue weighted by Crippen LogP contribution is 2.28. The lowest BCUT2D eigenvalue weighted by Crippen LogP contribution is -2.11. The molecule has 0 aliphatic heterocycles. The molecule has 0 aliphatic carbocycles. The topological polar surface area (TPSA) is 73.1 Å². The summed E-state index contributed by atoms with van der Waals surface area (Å²) >= 11 is 0. The standard InChI is InChI=1S/C12H13FN4O/c1-7-3-4-9(13)10(5-7)18-12-8(2)11(17-14)15-6-16-12/h3-6H,14H2,1-2H3,(H,15,16,17). The Balaban J connectivity index is 2.37. The molecule has 6 heteroatoms. The van der Waals surface area contributed by atoms with E-state index in [-0.39, 0.29) is 11.6 Å². The van der Waals surface area contributed by atoms with Crippen LogP contribution in [-0.2, 0) is 0 Å². The van der Waals surface area contributed by atoms with E-state index in [1.807, 2.05) is 6.92 Å². The molecule has 0 radical (unpaired) electrons. The third-order valence-corrected chi connectivity index (χ3v) is 2.47. The number of benzene rings is 1. The van der Waals surface area contributed by atoms with Gasteiger partial charge in [-0.05, 0) is 31.5 Å². The highest BCUT2D eigenvalue weighted by Gasteiger charge is 2.11. The predicted molar refractivity (Wildman–Crippen MR) is 65.8 cm³/mol. The van der Waals surface area contributed by atoms with Gasteiger partial charge < -0.3 is 10.2 Å². The van der Waals surface area contributed by atoms with E-state index in [2.05, 4.69) is 15.4 Å². The summed E-state index contributed by atoms with van der Waals surface area (Å²) in [5.41, 5.74) is 3.93. The Morgan fingerprint density at radius 1 is 1.28 bits per heavy atom. The monoisotopic (exact) mass is 248 g/mol. The first-order chi connectivity index (χ1) is 8.61. The van der Waals surface area contributed by atoms with Crippen molar-refractivity contribution in [3.63, 3.8) is 0 Å². The summed E-state index contributed by atoms with van der Waals surface area (Å²) < 4.78 is 19.0. The van der Waals surface area contributed by atoms with Crippen molar-refractivity contribution in [1.29, 1.82) is 0 Å². The van der Waals surface area contributed by atoms with Crippen LogP contribution >= 0.6 is 0 Å². The summed E-state index contributed by atoms with van der Waals surface area (Å²) in [7, 11) is 0. The van der Waals surface area contributed by atoms with Crippen LogP contribution in [0.15, 0.2) is 24.5 Å². The molecule has 0 aliphatic rings. The number of ether oxygens (including phenoxy) is 1. The van der Waals surface area contributed by atoms with Crippen LogP contribution in [0.3, 0.4) is 0 Å². The first-order valence-electron chi connectivity index (χ1n) is 5.34. The Hall–Kier alpha value is -2.21. The second-order valence-corrected chi connectivity index (χ2v) is 3.83. The van der Waals surface area contributed by atoms with Gasteiger partial charge in [0.2, 0.25) is 5.88 Å². The lowest BCUT2D eigenvalue weighted by Gasteiger charge is -2.10. The van der Waals surface area contributed by atoms with Gasteiger partial charge in [-0.2, -0.15) is 0 Å². The molecule has 1 aromatic carbocycles. The number of hydrogen-bond acceptors (Lipinski definition) is 5. The Kier molecular flexibility index (Phi) is 3.38. The maximum absolute atomic E-state index is 13.6. The van der Waals surface area contributed by atoms with Crippen LogP contribution < -0.4 is 16.0 Å². The fraction of sp³-hybridized carbons (Fsp3) is 0.167. The van der Waals surface area contributed by atoms with Gasteiger partial charge in [0, 0.05) is 0 Å². The summed E-state index contributed by atoms with van der Waals surface area (Å²) in [6.45, 7) is 3.59. The molecular weight excluding hydrogens is 235 g/mol. The molecule has 2 aromatic rings. The van der Waals surface area contributed by atoms with Crippen LogP contribution in [-0.4, -0.2) is 9.97 Å². The summed E-state index contributed by atoms with van der Waals surface area (Å²) in [5, 5.41) is 0. The molecule has 0 bridgehead atoms. The second kappa shape index (κ2) is 4.97. The first-order valence-corrected chi connectivity index (χ1v) is 5.34. The minimum absolute atomic E-state index is 0.125. The molecule has 18 heavy (non-hydrogen) atoms. The average molecular weight is 248 g/mol. The number of nitrogen functional groups attached to an aromatic ring is 1. The normalized spacial score (nSPS) is 10.2. The van der Waals surface area contributed by atoms with Crippen LogP contribution in [0, 0.1) is 19.7 Å². The van der Waals surface area contributed by atoms with Crippen molar-refractivity contribution < 1.29 is 9.13 Å². The van der Waals surface area contributed by atoms with Crippen molar-refractivity contribution in [2.45, 2.75) is 13.8 Å². The van der Waals surface area contributed by atoms with Gasteiger partial charge in [-0.15, -0.1) is 0 Å². The van der Waals surface area contributed by atoms with Crippen LogP contribution in [0.1, 0.15) is 11.1 Å². The highest BCUT2D eigenvalue weighted by molar-refractivity contribution is 5.48. The van der Waals surface area contributed by atoms with Gasteiger partial charge in [0.25, 0.3) is 0 Å². The quantitative estimate of drug-likeness (QED) is 0.644. The molecule has 5 nitrogen and oxygen atoms in total. The lowest BCUT2D eigenvalue weighted by molar-refractivity contribution is 0.423. The molecule has 1 heterocycles. The van der Waals surface area contributed by atoms with Gasteiger partial charge in [-0.25, -0.2) is 20.2 Å². The number of aryl methyl sites for hydroxylation is 1. The molecule has 0 atom stereocenters. The predicted octanol–water partition coefficient (Wildman–Crippen LogP) is 2.31. The molecule has 2 rings (SSSR count). The van der Waals surface area contributed by atoms with Gasteiger partial charge in [0.15, 0.2) is 11.6 Å². The third-order valence-electron chi connectivity index (χ3n) is 2.47. The largest absolute Gasteiger partial charge is 0.435 e. The first kappa shape index (κ1) is 12.3. The molecule has 3 N–H and O–H groups in total. The van der Waals surface area contributed by atoms with Crippen LogP contribution in [0.2, 0.25) is 0 Å². The van der Waals surface area contributed by atoms with E-state index in [0.717, 1.165) is 5.56 Å². The number of nitrogens with two attached hydrogens (primary N) is 1. The van der Waals surface area contributed by atoms with E-state index in [9.17, 15) is 4.39 Å². The zero-order chi connectivity index (χ0) is 13.1. The van der Waals surface area contributed by atoms with Crippen molar-refractivity contribution >= 4 is 5.82 Å². The molecular formula is C12H13FN4O. The van der Waals surface area contributed by atoms with E-state index in [0.29, 0.717) is 11.4 Å². The summed E-state index contributed by atoms with van der Waals surface area (Å²) in [4.78, 5) is 7.88. The maximum Gasteiger partial charge on any atom is 0.227 e. The fourth-order valence-corrected chi connectivity index (χ4v) is 1.48. The number of aromatic nitrogens is 2. The second-order valence-electron chi connectivity index (χ2n) is 3.83. The molecule has 94 valence electrons. The number of nitrogens with zero attached hydrogens (tertiary/aromatic N) is 2. The molecule has 0 saturated carbocycles. The summed E-state index contributed by atoms with van der Waals surface area (Å²) in [6.07, 6.45) is 1.30. The van der Waals surface area contributed by atoms with Gasteiger partial charge >= 0.3 is 0 Å². The number of halogens is 1. The Labute approximate surface area is 104 Å². The molecule has 0 saturated heterocycles. The van der Waals surface area contributed by atoms with Crippen molar-refractivity contribution in [2.24, 2.45) is 5.84 Å². The highest BCUT2D eigenvalue weighted by atomic mass is 19.1. The van der Waals surface area contributed by atoms with Gasteiger partial charge in [0.1, 0.15) is 12.1 Å². The van der Waals surface area contributed by atoms with E-state index >= 15 is 0 Å². The van der Waals surface area contributed by atoms with Gasteiger partial charge in [-0.1, -0.05) is 6.07 Å². The number of nitrogens with one attached hydrogen (secondary N) is 1. The number of hydrazine groups is 1. The Morgan fingerprint density at radius 3 is 2.78 bits per heavy atom. The minimum atomic E-state index is -0.444. The van der Waals surface area contributed by atoms with Crippen molar-refractivity contribution in [1.82, 2.24) is 9.97 Å². The zero-order valence-electron chi connectivity index (χ0n) is 10.1. The average Bonchev–Trinajstić information content (AvgIpc) is 2.36. The lowest BCUT2D eigenvalue weighted by atomic mass is 10.2. The molecule has 0 unspecified atom stereocenters. The zero-order valence-corrected chi connectivity index (χ0v) is 10.1. The number of rotatable bonds is 3. The Bertz CT molecular complexity index is 574. The van der Waals surface area contributed by atoms with E-state index in [4.69, 9.17) is 10.6 Å². The maximum atomic E-state index is 13.6. The molecule has 1 aromatic heterocycles. The van der Waals surface area contributed by atoms with Gasteiger partial charge in [0.05, 0.1) is 5.56 Å². The van der Waals surface area contributed by atoms with Crippen molar-refractivity contribution in [3.05, 3.63) is 41.5 Å². The van der Waals surface area contributed by atoms with Crippen LogP contribution in [0.4, 0.5) is 10.2 Å². The van der Waals surface area contributed by atoms with Crippen molar-refractivity contribution in [3.8, 4) is 11.6 Å². The minimum Gasteiger partial charge on any atom is -0.435 e. The molecule has 0 amide bonds. The molecule has 0 spiro atoms. The van der Waals surface area contributed by atoms with Gasteiger partial charge in [-0.3, -0.25) is 0 Å². The summed E-state index contributed by atoms with van der Waals surface area (Å²) in [6, 6.07) is 4.62. The Morgan fingerprint density at radius 2 is 2.06 bits per heavy atom. The summed E-state index contributed by atoms with van der Waals surface area (Å²) in [5.74, 6) is 5.68. The van der Waals surface area contributed by atoms with E-state index in [1.165, 1.54) is 12.4 Å². The van der Waals surface area contributed by atoms with Crippen LogP contribution in [0.5, 0.6) is 11.6 Å².